The molecule has 0 saturated carbocycles. The van der Waals surface area contributed by atoms with E-state index < -0.39 is 5.92 Å². The van der Waals surface area contributed by atoms with Gasteiger partial charge in [0, 0.05) is 22.3 Å². The Balaban J connectivity index is 1.05. The van der Waals surface area contributed by atoms with Gasteiger partial charge >= 0.3 is 0 Å². The Labute approximate surface area is 618 Å². The molecule has 13 aromatic carbocycles. The lowest BCUT2D eigenvalue weighted by atomic mass is 9.81. The molecule has 8 nitrogen and oxygen atoms in total. The summed E-state index contributed by atoms with van der Waals surface area (Å²) in [6, 6.07) is 104. The number of aromatic nitrogens is 7. The largest absolute Gasteiger partial charge is 0.306 e. The van der Waals surface area contributed by atoms with Crippen molar-refractivity contribution in [2.45, 2.75) is 111 Å². The first-order chi connectivity index (χ1) is 51.0. The van der Waals surface area contributed by atoms with Gasteiger partial charge in [-0.1, -0.05) is 277 Å². The molecule has 1 aliphatic carbocycles. The third kappa shape index (κ3) is 10.1. The Hall–Kier alpha value is -12.3. The van der Waals surface area contributed by atoms with Crippen LogP contribution in [0.4, 0.5) is 0 Å². The summed E-state index contributed by atoms with van der Waals surface area (Å²) >= 11 is 0. The summed E-state index contributed by atoms with van der Waals surface area (Å²) in [4.78, 5) is 11.7. The van der Waals surface area contributed by atoms with Gasteiger partial charge in [0.1, 0.15) is 6.07 Å². The van der Waals surface area contributed by atoms with Crippen molar-refractivity contribution in [2.75, 3.05) is 0 Å². The molecular formula is C98H82N8. The van der Waals surface area contributed by atoms with E-state index in [4.69, 9.17) is 9.97 Å². The number of imidazole rings is 4. The smallest absolute Gasteiger partial charge is 0.220 e. The van der Waals surface area contributed by atoms with Crippen molar-refractivity contribution in [1.82, 2.24) is 32.5 Å². The van der Waals surface area contributed by atoms with E-state index in [1.807, 2.05) is 0 Å². The highest BCUT2D eigenvalue weighted by Gasteiger charge is 2.40. The van der Waals surface area contributed by atoms with Crippen LogP contribution in [-0.4, -0.2) is 32.5 Å². The number of hydrogen-bond acceptors (Lipinski definition) is 3. The van der Waals surface area contributed by atoms with Crippen molar-refractivity contribution in [3.63, 3.8) is 0 Å². The average Bonchev–Trinajstić information content (AvgIpc) is 1.52. The number of hydrogen-bond donors (Lipinski definition) is 0. The number of benzene rings is 13. The van der Waals surface area contributed by atoms with E-state index in [1.165, 1.54) is 33.4 Å². The van der Waals surface area contributed by atoms with Crippen LogP contribution in [0.1, 0.15) is 134 Å². The minimum Gasteiger partial charge on any atom is -0.306 e. The maximum Gasteiger partial charge on any atom is 0.220 e. The van der Waals surface area contributed by atoms with Crippen LogP contribution in [-0.2, 0) is 21.7 Å². The zero-order valence-corrected chi connectivity index (χ0v) is 62.1. The highest BCUT2D eigenvalue weighted by atomic mass is 15.2. The van der Waals surface area contributed by atoms with Crippen LogP contribution in [0, 0.1) is 11.3 Å². The summed E-state index contributed by atoms with van der Waals surface area (Å²) < 4.78 is 12.0. The second kappa shape index (κ2) is 23.3. The SMILES string of the molecule is CC(C)(C)c1ccc2c(c1)-c1cc(C(C)(C)C)ccc1C2c1c(-n2c3ccc(-c4ccccc4)cc3n3c4cc(-c5ccccc5)ccc4nc23)cc(-n2c3ccc(-c4ccccc4)cc3n3c4cc(-c5ccccc5)ccc4nc23)c(-n2c3ccc(C(C)(C)C)cc3c3cc(C(C)(C)C)ccc32)c1C#N. The lowest BCUT2D eigenvalue weighted by molar-refractivity contribution is 0.589. The summed E-state index contributed by atoms with van der Waals surface area (Å²) in [5, 5.41) is 15.8. The predicted molar refractivity (Wildman–Crippen MR) is 441 cm³/mol. The van der Waals surface area contributed by atoms with Crippen molar-refractivity contribution in [1.29, 1.82) is 5.26 Å². The minimum atomic E-state index is -0.464. The second-order valence-electron chi connectivity index (χ2n) is 33.4. The zero-order chi connectivity index (χ0) is 72.6. The van der Waals surface area contributed by atoms with E-state index in [1.54, 1.807) is 0 Å². The van der Waals surface area contributed by atoms with Crippen LogP contribution in [0.2, 0.25) is 0 Å². The van der Waals surface area contributed by atoms with Gasteiger partial charge in [-0.2, -0.15) is 5.26 Å². The van der Waals surface area contributed by atoms with E-state index >= 15 is 0 Å². The van der Waals surface area contributed by atoms with Crippen molar-refractivity contribution >= 4 is 77.5 Å². The molecule has 106 heavy (non-hydrogen) atoms. The van der Waals surface area contributed by atoms with Crippen molar-refractivity contribution in [2.24, 2.45) is 0 Å². The molecule has 0 saturated heterocycles. The van der Waals surface area contributed by atoms with Crippen LogP contribution < -0.4 is 0 Å². The standard InChI is InChI=1S/C98H82N8/c1-95(2,3)67-37-41-71-73(53-67)74-54-68(96(4,5)6)38-42-72(74)90(71)91-77(58-99)92(102-80-47-39-69(97(7,8)9)55-75(80)76-56-70(98(10,11)12)40-48-81(76)102)89(104-83-46-36-66(62-31-23-16-24-32-62)52-87(83)106-85-50-64(60-27-19-14-20-28-60)34-44-79(85)101-94(104)106)57-88(91)103-82-45-35-65(61-29-21-15-22-30-61)51-86(82)105-84-49-63(59-25-17-13-18-26-59)33-43-78(84)100-93(103)105/h13-57,90H,1-12H3. The van der Waals surface area contributed by atoms with Crippen LogP contribution in [0.15, 0.2) is 273 Å². The fourth-order valence-corrected chi connectivity index (χ4v) is 17.0. The van der Waals surface area contributed by atoms with E-state index in [-0.39, 0.29) is 21.7 Å². The average molecular weight is 1370 g/mol. The highest BCUT2D eigenvalue weighted by Crippen LogP contribution is 2.55. The van der Waals surface area contributed by atoms with Crippen LogP contribution in [0.25, 0.3) is 150 Å². The molecule has 8 heteroatoms. The molecule has 1 aliphatic rings. The predicted octanol–water partition coefficient (Wildman–Crippen LogP) is 25.2. The Morgan fingerprint density at radius 3 is 1.02 bits per heavy atom. The van der Waals surface area contributed by atoms with Gasteiger partial charge in [-0.15, -0.1) is 0 Å². The zero-order valence-electron chi connectivity index (χ0n) is 62.1. The van der Waals surface area contributed by atoms with E-state index in [0.717, 1.165) is 150 Å². The molecule has 5 aromatic heterocycles. The van der Waals surface area contributed by atoms with Crippen molar-refractivity contribution in [3.05, 3.63) is 317 Å². The van der Waals surface area contributed by atoms with Crippen LogP contribution in [0.3, 0.4) is 0 Å². The van der Waals surface area contributed by atoms with Gasteiger partial charge in [0.05, 0.1) is 77.8 Å². The molecule has 5 heterocycles. The van der Waals surface area contributed by atoms with Gasteiger partial charge in [0.25, 0.3) is 0 Å². The molecule has 0 spiro atoms. The Bertz CT molecular complexity index is 6580. The monoisotopic (exact) mass is 1370 g/mol. The second-order valence-corrected chi connectivity index (χ2v) is 33.4. The van der Waals surface area contributed by atoms with Crippen LogP contribution in [0.5, 0.6) is 0 Å². The van der Waals surface area contributed by atoms with Crippen molar-refractivity contribution < 1.29 is 0 Å². The first-order valence-corrected chi connectivity index (χ1v) is 37.2. The molecule has 0 unspecified atom stereocenters. The summed E-state index contributed by atoms with van der Waals surface area (Å²) in [5.41, 5.74) is 31.0. The van der Waals surface area contributed by atoms with Gasteiger partial charge < -0.3 is 4.57 Å². The maximum absolute atomic E-state index is 13.6. The molecule has 0 N–H and O–H groups in total. The minimum absolute atomic E-state index is 0.159. The lowest BCUT2D eigenvalue weighted by Gasteiger charge is -2.27. The first-order valence-electron chi connectivity index (χ1n) is 37.2. The Morgan fingerprint density at radius 2 is 0.642 bits per heavy atom. The van der Waals surface area contributed by atoms with E-state index in [2.05, 4.69) is 385 Å². The lowest BCUT2D eigenvalue weighted by Crippen LogP contribution is -2.16. The summed E-state index contributed by atoms with van der Waals surface area (Å²) in [7, 11) is 0. The fraction of sp³-hybridized carbons (Fsp3) is 0.173. The molecule has 514 valence electrons. The van der Waals surface area contributed by atoms with E-state index in [0.29, 0.717) is 11.3 Å². The van der Waals surface area contributed by atoms with Crippen LogP contribution >= 0.6 is 0 Å². The number of nitrogens with zero attached hydrogens (tertiary/aromatic N) is 8. The normalized spacial score (nSPS) is 13.0. The molecule has 0 amide bonds. The van der Waals surface area contributed by atoms with Gasteiger partial charge in [0.15, 0.2) is 0 Å². The van der Waals surface area contributed by atoms with E-state index in [9.17, 15) is 5.26 Å². The summed E-state index contributed by atoms with van der Waals surface area (Å²) in [6.45, 7) is 27.7. The first kappa shape index (κ1) is 64.5. The van der Waals surface area contributed by atoms with Gasteiger partial charge in [-0.3, -0.25) is 17.9 Å². The Morgan fingerprint density at radius 1 is 0.302 bits per heavy atom. The summed E-state index contributed by atoms with van der Waals surface area (Å²) in [5.74, 6) is 0.977. The molecule has 0 radical (unpaired) electrons. The third-order valence-corrected chi connectivity index (χ3v) is 22.7. The van der Waals surface area contributed by atoms with Crippen molar-refractivity contribution in [3.8, 4) is 78.8 Å². The summed E-state index contributed by atoms with van der Waals surface area (Å²) in [6.07, 6.45) is 0. The molecular weight excluding hydrogens is 1290 g/mol. The highest BCUT2D eigenvalue weighted by molar-refractivity contribution is 6.11. The topological polar surface area (TPSA) is 73.2 Å². The molecule has 18 aromatic rings. The molecule has 0 atom stereocenters. The number of nitriles is 1. The molecule has 0 bridgehead atoms. The number of fused-ring (bicyclic) bond motifs is 16. The quantitative estimate of drug-likeness (QED) is 0.152. The van der Waals surface area contributed by atoms with Gasteiger partial charge in [0.2, 0.25) is 11.6 Å². The van der Waals surface area contributed by atoms with Gasteiger partial charge in [-0.25, -0.2) is 9.97 Å². The molecule has 0 fully saturated rings. The Kier molecular flexibility index (Phi) is 14.2. The molecule has 0 aliphatic heterocycles. The fourth-order valence-electron chi connectivity index (χ4n) is 17.0. The van der Waals surface area contributed by atoms with Gasteiger partial charge in [-0.05, 0) is 190 Å². The number of rotatable bonds is 8. The maximum atomic E-state index is 13.6. The third-order valence-electron chi connectivity index (χ3n) is 22.7. The molecule has 19 rings (SSSR count).